The SMILES string of the molecule is CCCCCCCCc1cc(-c2csc3sc4scc(Br)c4c23)cs1. The molecule has 0 aliphatic carbocycles. The predicted molar refractivity (Wildman–Crippen MR) is 123 cm³/mol. The maximum absolute atomic E-state index is 3.75. The molecule has 5 heteroatoms. The second kappa shape index (κ2) is 8.22. The second-order valence-corrected chi connectivity index (χ2v) is 11.6. The van der Waals surface area contributed by atoms with Crippen LogP contribution in [0.2, 0.25) is 0 Å². The molecule has 4 rings (SSSR count). The highest BCUT2D eigenvalue weighted by atomic mass is 79.9. The van der Waals surface area contributed by atoms with Crippen LogP contribution in [0.4, 0.5) is 0 Å². The fraction of sp³-hybridized carbons (Fsp3) is 0.400. The van der Waals surface area contributed by atoms with Crippen molar-refractivity contribution in [2.45, 2.75) is 51.9 Å². The largest absolute Gasteiger partial charge is 0.148 e. The molecule has 0 fully saturated rings. The third kappa shape index (κ3) is 3.77. The van der Waals surface area contributed by atoms with Crippen molar-refractivity contribution in [3.63, 3.8) is 0 Å². The van der Waals surface area contributed by atoms with E-state index in [1.165, 1.54) is 79.3 Å². The first kappa shape index (κ1) is 18.2. The summed E-state index contributed by atoms with van der Waals surface area (Å²) in [6.07, 6.45) is 9.48. The zero-order valence-electron chi connectivity index (χ0n) is 14.3. The van der Waals surface area contributed by atoms with Crippen LogP contribution in [0, 0.1) is 0 Å². The van der Waals surface area contributed by atoms with Crippen LogP contribution < -0.4 is 0 Å². The highest BCUT2D eigenvalue weighted by Crippen LogP contribution is 2.49. The molecule has 0 aromatic carbocycles. The van der Waals surface area contributed by atoms with Crippen molar-refractivity contribution in [3.05, 3.63) is 31.6 Å². The number of rotatable bonds is 8. The highest BCUT2D eigenvalue weighted by molar-refractivity contribution is 9.10. The first-order valence-corrected chi connectivity index (χ1v) is 13.2. The molecule has 4 aromatic heterocycles. The summed E-state index contributed by atoms with van der Waals surface area (Å²) in [5, 5.41) is 9.81. The molecule has 0 aliphatic rings. The standard InChI is InChI=1S/C20H21BrS4/c1-2-3-4-5-6-7-8-14-9-13(10-22-14)15-11-23-19-17(15)18-16(21)12-24-20(18)25-19/h9-12H,2-8H2,1H3. The van der Waals surface area contributed by atoms with Crippen LogP contribution in [0.1, 0.15) is 50.3 Å². The Morgan fingerprint density at radius 2 is 1.60 bits per heavy atom. The van der Waals surface area contributed by atoms with Crippen LogP contribution in [0.25, 0.3) is 29.9 Å². The summed E-state index contributed by atoms with van der Waals surface area (Å²) in [5.41, 5.74) is 2.84. The highest BCUT2D eigenvalue weighted by Gasteiger charge is 2.17. The van der Waals surface area contributed by atoms with Crippen molar-refractivity contribution < 1.29 is 0 Å². The van der Waals surface area contributed by atoms with Gasteiger partial charge in [0.15, 0.2) is 0 Å². The molecule has 0 atom stereocenters. The second-order valence-electron chi connectivity index (χ2n) is 6.48. The Morgan fingerprint density at radius 1 is 0.840 bits per heavy atom. The Labute approximate surface area is 173 Å². The van der Waals surface area contributed by atoms with Gasteiger partial charge in [-0.15, -0.1) is 45.3 Å². The number of hydrogen-bond donors (Lipinski definition) is 0. The fourth-order valence-corrected chi connectivity index (χ4v) is 8.76. The van der Waals surface area contributed by atoms with E-state index >= 15 is 0 Å². The van der Waals surface area contributed by atoms with Crippen molar-refractivity contribution in [1.82, 2.24) is 0 Å². The van der Waals surface area contributed by atoms with Crippen molar-refractivity contribution in [1.29, 1.82) is 0 Å². The predicted octanol–water partition coefficient (Wildman–Crippen LogP) is 9.57. The Kier molecular flexibility index (Phi) is 5.98. The van der Waals surface area contributed by atoms with E-state index < -0.39 is 0 Å². The molecule has 4 heterocycles. The molecule has 0 N–H and O–H groups in total. The monoisotopic (exact) mass is 468 g/mol. The minimum Gasteiger partial charge on any atom is -0.148 e. The third-order valence-corrected chi connectivity index (χ3v) is 9.97. The number of hydrogen-bond acceptors (Lipinski definition) is 4. The molecule has 0 amide bonds. The molecule has 25 heavy (non-hydrogen) atoms. The lowest BCUT2D eigenvalue weighted by atomic mass is 10.1. The molecule has 0 unspecified atom stereocenters. The summed E-state index contributed by atoms with van der Waals surface area (Å²) < 4.78 is 4.15. The van der Waals surface area contributed by atoms with Gasteiger partial charge in [-0.05, 0) is 45.8 Å². The van der Waals surface area contributed by atoms with Gasteiger partial charge in [-0.2, -0.15) is 0 Å². The molecular weight excluding hydrogens is 448 g/mol. The number of halogens is 1. The zero-order chi connectivity index (χ0) is 17.2. The van der Waals surface area contributed by atoms with Crippen molar-refractivity contribution in [2.75, 3.05) is 0 Å². The van der Waals surface area contributed by atoms with Gasteiger partial charge in [0.25, 0.3) is 0 Å². The summed E-state index contributed by atoms with van der Waals surface area (Å²) in [6.45, 7) is 2.28. The van der Waals surface area contributed by atoms with Gasteiger partial charge < -0.3 is 0 Å². The van der Waals surface area contributed by atoms with Gasteiger partial charge in [-0.3, -0.25) is 0 Å². The Bertz CT molecular complexity index is 969. The Morgan fingerprint density at radius 3 is 2.48 bits per heavy atom. The summed E-state index contributed by atoms with van der Waals surface area (Å²) in [4.78, 5) is 1.54. The lowest BCUT2D eigenvalue weighted by molar-refractivity contribution is 0.609. The molecular formula is C20H21BrS4. The normalized spacial score (nSPS) is 11.9. The van der Waals surface area contributed by atoms with Crippen LogP contribution in [0.3, 0.4) is 0 Å². The first-order chi connectivity index (χ1) is 12.3. The number of fused-ring (bicyclic) bond motifs is 3. The average molecular weight is 470 g/mol. The van der Waals surface area contributed by atoms with E-state index in [1.54, 1.807) is 4.88 Å². The van der Waals surface area contributed by atoms with E-state index in [1.807, 2.05) is 45.3 Å². The topological polar surface area (TPSA) is 0 Å². The van der Waals surface area contributed by atoms with Crippen molar-refractivity contribution in [3.8, 4) is 11.1 Å². The van der Waals surface area contributed by atoms with Gasteiger partial charge in [0.05, 0.1) is 8.03 Å². The first-order valence-electron chi connectivity index (χ1n) is 8.92. The van der Waals surface area contributed by atoms with Gasteiger partial charge in [0, 0.05) is 36.4 Å². The Balaban J connectivity index is 1.50. The number of thiophene rings is 4. The smallest absolute Gasteiger partial charge is 0.0898 e. The summed E-state index contributed by atoms with van der Waals surface area (Å²) in [5.74, 6) is 0. The number of aryl methyl sites for hydroxylation is 1. The summed E-state index contributed by atoms with van der Waals surface area (Å²) in [6, 6.07) is 2.43. The van der Waals surface area contributed by atoms with Gasteiger partial charge in [-0.25, -0.2) is 0 Å². The van der Waals surface area contributed by atoms with Crippen LogP contribution >= 0.6 is 61.3 Å². The van der Waals surface area contributed by atoms with E-state index in [0.717, 1.165) is 0 Å². The minimum absolute atomic E-state index is 1.24. The molecule has 0 saturated carbocycles. The zero-order valence-corrected chi connectivity index (χ0v) is 19.1. The van der Waals surface area contributed by atoms with Crippen molar-refractivity contribution >= 4 is 80.1 Å². The van der Waals surface area contributed by atoms with Gasteiger partial charge >= 0.3 is 0 Å². The van der Waals surface area contributed by atoms with Gasteiger partial charge in [0.1, 0.15) is 0 Å². The quantitative estimate of drug-likeness (QED) is 0.225. The lowest BCUT2D eigenvalue weighted by Crippen LogP contribution is -1.82. The third-order valence-electron chi connectivity index (χ3n) is 4.65. The van der Waals surface area contributed by atoms with Gasteiger partial charge in [0.2, 0.25) is 0 Å². The van der Waals surface area contributed by atoms with E-state index in [-0.39, 0.29) is 0 Å². The van der Waals surface area contributed by atoms with Gasteiger partial charge in [-0.1, -0.05) is 39.0 Å². The molecule has 132 valence electrons. The molecule has 0 spiro atoms. The molecule has 4 aromatic rings. The summed E-state index contributed by atoms with van der Waals surface area (Å²) in [7, 11) is 0. The van der Waals surface area contributed by atoms with Crippen molar-refractivity contribution in [2.24, 2.45) is 0 Å². The molecule has 0 bridgehead atoms. The maximum Gasteiger partial charge on any atom is 0.0898 e. The minimum atomic E-state index is 1.24. The van der Waals surface area contributed by atoms with Crippen LogP contribution in [-0.2, 0) is 6.42 Å². The molecule has 0 saturated heterocycles. The van der Waals surface area contributed by atoms with E-state index in [2.05, 4.69) is 45.1 Å². The van der Waals surface area contributed by atoms with E-state index in [4.69, 9.17) is 0 Å². The van der Waals surface area contributed by atoms with Crippen LogP contribution in [-0.4, -0.2) is 0 Å². The lowest BCUT2D eigenvalue weighted by Gasteiger charge is -1.99. The fourth-order valence-electron chi connectivity index (χ4n) is 3.30. The van der Waals surface area contributed by atoms with E-state index in [9.17, 15) is 0 Å². The Hall–Kier alpha value is -0.200. The summed E-state index contributed by atoms with van der Waals surface area (Å²) >= 11 is 11.4. The number of unbranched alkanes of at least 4 members (excludes halogenated alkanes) is 5. The van der Waals surface area contributed by atoms with E-state index in [0.29, 0.717) is 0 Å². The van der Waals surface area contributed by atoms with Crippen LogP contribution in [0.5, 0.6) is 0 Å². The van der Waals surface area contributed by atoms with Crippen LogP contribution in [0.15, 0.2) is 26.7 Å². The average Bonchev–Trinajstić information content (AvgIpc) is 3.34. The molecule has 0 nitrogen and oxygen atoms in total. The molecule has 0 aliphatic heterocycles. The maximum atomic E-state index is 3.75. The molecule has 0 radical (unpaired) electrons.